The highest BCUT2D eigenvalue weighted by Crippen LogP contribution is 2.27. The van der Waals surface area contributed by atoms with Crippen molar-refractivity contribution in [3.8, 4) is 0 Å². The van der Waals surface area contributed by atoms with Crippen LogP contribution in [0.3, 0.4) is 0 Å². The lowest BCUT2D eigenvalue weighted by molar-refractivity contribution is -0.133. The largest absolute Gasteiger partial charge is 0.341 e. The summed E-state index contributed by atoms with van der Waals surface area (Å²) in [6, 6.07) is 0. The van der Waals surface area contributed by atoms with Gasteiger partial charge in [0.05, 0.1) is 4.83 Å². The summed E-state index contributed by atoms with van der Waals surface area (Å²) in [6.07, 6.45) is 7.57. The Labute approximate surface area is 94.2 Å². The average Bonchev–Trinajstić information content (AvgIpc) is 2.66. The molecule has 1 saturated heterocycles. The first-order chi connectivity index (χ1) is 6.77. The lowest BCUT2D eigenvalue weighted by Gasteiger charge is -2.31. The van der Waals surface area contributed by atoms with E-state index < -0.39 is 0 Å². The Morgan fingerprint density at radius 1 is 1.21 bits per heavy atom. The van der Waals surface area contributed by atoms with Crippen LogP contribution in [0.25, 0.3) is 0 Å². The second-order valence-corrected chi connectivity index (χ2v) is 5.65. The van der Waals surface area contributed by atoms with Gasteiger partial charge in [0.1, 0.15) is 0 Å². The Bertz CT molecular complexity index is 213. The van der Waals surface area contributed by atoms with Gasteiger partial charge in [-0.05, 0) is 31.6 Å². The van der Waals surface area contributed by atoms with Crippen molar-refractivity contribution in [2.45, 2.75) is 43.4 Å². The van der Waals surface area contributed by atoms with Gasteiger partial charge in [0, 0.05) is 13.1 Å². The van der Waals surface area contributed by atoms with Crippen LogP contribution in [0.5, 0.6) is 0 Å². The van der Waals surface area contributed by atoms with Gasteiger partial charge in [-0.25, -0.2) is 0 Å². The molecule has 2 rings (SSSR count). The number of hydrogen-bond acceptors (Lipinski definition) is 1. The van der Waals surface area contributed by atoms with Crippen LogP contribution >= 0.6 is 15.9 Å². The number of rotatable bonds is 2. The monoisotopic (exact) mass is 259 g/mol. The Morgan fingerprint density at radius 2 is 1.93 bits per heavy atom. The summed E-state index contributed by atoms with van der Waals surface area (Å²) in [5.41, 5.74) is 0. The number of carbonyl (C=O) groups excluding carboxylic acids is 1. The van der Waals surface area contributed by atoms with Crippen LogP contribution in [0, 0.1) is 5.92 Å². The molecule has 2 aliphatic rings. The molecule has 80 valence electrons. The topological polar surface area (TPSA) is 20.3 Å². The molecule has 1 heterocycles. The highest BCUT2D eigenvalue weighted by atomic mass is 79.9. The zero-order chi connectivity index (χ0) is 9.97. The van der Waals surface area contributed by atoms with Gasteiger partial charge in [-0.3, -0.25) is 4.79 Å². The highest BCUT2D eigenvalue weighted by Gasteiger charge is 2.28. The number of alkyl halides is 1. The van der Waals surface area contributed by atoms with E-state index in [0.29, 0.717) is 5.91 Å². The Kier molecular flexibility index (Phi) is 3.47. The van der Waals surface area contributed by atoms with E-state index in [0.717, 1.165) is 31.8 Å². The van der Waals surface area contributed by atoms with Crippen LogP contribution in [-0.4, -0.2) is 28.7 Å². The Balaban J connectivity index is 1.86. The highest BCUT2D eigenvalue weighted by molar-refractivity contribution is 9.10. The van der Waals surface area contributed by atoms with Crippen LogP contribution in [-0.2, 0) is 4.79 Å². The number of piperidine rings is 1. The lowest BCUT2D eigenvalue weighted by atomic mass is 10.0. The second kappa shape index (κ2) is 4.65. The minimum Gasteiger partial charge on any atom is -0.341 e. The van der Waals surface area contributed by atoms with Crippen LogP contribution in [0.2, 0.25) is 0 Å². The lowest BCUT2D eigenvalue weighted by Crippen LogP contribution is -2.43. The molecule has 0 aromatic heterocycles. The zero-order valence-electron chi connectivity index (χ0n) is 8.54. The maximum atomic E-state index is 11.8. The number of nitrogens with zero attached hydrogens (tertiary/aromatic N) is 1. The fourth-order valence-corrected chi connectivity index (χ4v) is 3.19. The van der Waals surface area contributed by atoms with E-state index in [-0.39, 0.29) is 4.83 Å². The van der Waals surface area contributed by atoms with Crippen molar-refractivity contribution in [2.75, 3.05) is 13.1 Å². The number of halogens is 1. The third kappa shape index (κ3) is 2.30. The van der Waals surface area contributed by atoms with E-state index >= 15 is 0 Å². The van der Waals surface area contributed by atoms with Gasteiger partial charge in [-0.1, -0.05) is 28.8 Å². The fraction of sp³-hybridized carbons (Fsp3) is 0.909. The summed E-state index contributed by atoms with van der Waals surface area (Å²) in [5, 5.41) is 0. The van der Waals surface area contributed by atoms with E-state index in [2.05, 4.69) is 20.8 Å². The molecule has 14 heavy (non-hydrogen) atoms. The normalized spacial score (nSPS) is 29.9. The molecule has 1 aliphatic heterocycles. The van der Waals surface area contributed by atoms with E-state index in [4.69, 9.17) is 0 Å². The van der Waals surface area contributed by atoms with Gasteiger partial charge in [0.2, 0.25) is 5.91 Å². The molecule has 2 nitrogen and oxygen atoms in total. The predicted molar refractivity (Wildman–Crippen MR) is 60.5 cm³/mol. The van der Waals surface area contributed by atoms with E-state index in [1.165, 1.54) is 25.7 Å². The van der Waals surface area contributed by atoms with E-state index in [1.807, 2.05) is 0 Å². The standard InChI is InChI=1S/C11H18BrNO/c12-10-6-3-7-13(11(10)14)8-9-4-1-2-5-9/h9-10H,1-8H2. The minimum atomic E-state index is 0.0950. The first-order valence-corrected chi connectivity index (χ1v) is 6.62. The third-order valence-corrected chi connectivity index (χ3v) is 4.27. The molecule has 1 aliphatic carbocycles. The first-order valence-electron chi connectivity index (χ1n) is 5.70. The summed E-state index contributed by atoms with van der Waals surface area (Å²) in [6.45, 7) is 2.00. The third-order valence-electron chi connectivity index (χ3n) is 3.42. The summed E-state index contributed by atoms with van der Waals surface area (Å²) >= 11 is 3.45. The van der Waals surface area contributed by atoms with Crippen LogP contribution < -0.4 is 0 Å². The van der Waals surface area contributed by atoms with E-state index in [9.17, 15) is 4.79 Å². The van der Waals surface area contributed by atoms with Crippen LogP contribution in [0.1, 0.15) is 38.5 Å². The minimum absolute atomic E-state index is 0.0950. The maximum Gasteiger partial charge on any atom is 0.236 e. The molecule has 0 spiro atoms. The van der Waals surface area contributed by atoms with Crippen molar-refractivity contribution in [1.82, 2.24) is 4.90 Å². The average molecular weight is 260 g/mol. The van der Waals surface area contributed by atoms with Crippen molar-refractivity contribution in [2.24, 2.45) is 5.92 Å². The summed E-state index contributed by atoms with van der Waals surface area (Å²) in [7, 11) is 0. The van der Waals surface area contributed by atoms with Crippen LogP contribution in [0.15, 0.2) is 0 Å². The molecule has 0 radical (unpaired) electrons. The smallest absolute Gasteiger partial charge is 0.236 e. The molecule has 2 fully saturated rings. The van der Waals surface area contributed by atoms with Gasteiger partial charge in [-0.15, -0.1) is 0 Å². The Hall–Kier alpha value is -0.0500. The molecule has 1 unspecified atom stereocenters. The second-order valence-electron chi connectivity index (χ2n) is 4.54. The molecule has 0 aromatic rings. The number of hydrogen-bond donors (Lipinski definition) is 0. The number of carbonyl (C=O) groups is 1. The molecule has 0 aromatic carbocycles. The molecule has 1 amide bonds. The molecule has 0 N–H and O–H groups in total. The SMILES string of the molecule is O=C1C(Br)CCCN1CC1CCCC1. The maximum absolute atomic E-state index is 11.8. The van der Waals surface area contributed by atoms with Gasteiger partial charge in [0.15, 0.2) is 0 Å². The predicted octanol–water partition coefficient (Wildman–Crippen LogP) is 2.56. The van der Waals surface area contributed by atoms with Gasteiger partial charge in [0.25, 0.3) is 0 Å². The zero-order valence-corrected chi connectivity index (χ0v) is 10.1. The van der Waals surface area contributed by atoms with Crippen molar-refractivity contribution < 1.29 is 4.79 Å². The number of likely N-dealkylation sites (tertiary alicyclic amines) is 1. The van der Waals surface area contributed by atoms with Crippen molar-refractivity contribution in [3.63, 3.8) is 0 Å². The molecular weight excluding hydrogens is 242 g/mol. The first kappa shape index (κ1) is 10.5. The molecule has 1 saturated carbocycles. The van der Waals surface area contributed by atoms with Gasteiger partial charge < -0.3 is 4.90 Å². The molecule has 0 bridgehead atoms. The summed E-state index contributed by atoms with van der Waals surface area (Å²) in [5.74, 6) is 1.11. The van der Waals surface area contributed by atoms with Crippen LogP contribution in [0.4, 0.5) is 0 Å². The van der Waals surface area contributed by atoms with Crippen molar-refractivity contribution in [1.29, 1.82) is 0 Å². The molecular formula is C11H18BrNO. The number of amides is 1. The summed E-state index contributed by atoms with van der Waals surface area (Å²) in [4.78, 5) is 14.0. The van der Waals surface area contributed by atoms with Gasteiger partial charge in [-0.2, -0.15) is 0 Å². The van der Waals surface area contributed by atoms with Crippen molar-refractivity contribution in [3.05, 3.63) is 0 Å². The quantitative estimate of drug-likeness (QED) is 0.699. The fourth-order valence-electron chi connectivity index (χ4n) is 2.58. The summed E-state index contributed by atoms with van der Waals surface area (Å²) < 4.78 is 0. The Morgan fingerprint density at radius 3 is 2.64 bits per heavy atom. The van der Waals surface area contributed by atoms with E-state index in [1.54, 1.807) is 0 Å². The van der Waals surface area contributed by atoms with Crippen molar-refractivity contribution >= 4 is 21.8 Å². The molecule has 3 heteroatoms. The molecule has 1 atom stereocenters. The van der Waals surface area contributed by atoms with Gasteiger partial charge >= 0.3 is 0 Å².